The van der Waals surface area contributed by atoms with E-state index in [2.05, 4.69) is 15.3 Å². The number of hydrogen-bond acceptors (Lipinski definition) is 5. The van der Waals surface area contributed by atoms with Crippen LogP contribution in [0.5, 0.6) is 11.5 Å². The number of phenols is 2. The maximum Gasteiger partial charge on any atom is 0.260 e. The molecule has 1 aromatic carbocycles. The van der Waals surface area contributed by atoms with Crippen LogP contribution in [-0.4, -0.2) is 26.1 Å². The maximum atomic E-state index is 11.9. The maximum absolute atomic E-state index is 11.9. The first-order valence-electron chi connectivity index (χ1n) is 4.99. The lowest BCUT2D eigenvalue weighted by molar-refractivity contribution is 0.102. The largest absolute Gasteiger partial charge is 0.504 e. The van der Waals surface area contributed by atoms with Crippen molar-refractivity contribution in [2.75, 3.05) is 5.32 Å². The fourth-order valence-electron chi connectivity index (χ4n) is 1.32. The highest BCUT2D eigenvalue weighted by Gasteiger charge is 2.16. The van der Waals surface area contributed by atoms with Crippen molar-refractivity contribution < 1.29 is 15.0 Å². The molecule has 0 aliphatic rings. The van der Waals surface area contributed by atoms with Crippen LogP contribution in [0.25, 0.3) is 0 Å². The Hall–Kier alpha value is -2.05. The van der Waals surface area contributed by atoms with Gasteiger partial charge in [0.1, 0.15) is 11.3 Å². The van der Waals surface area contributed by atoms with Crippen molar-refractivity contribution in [3.05, 3.63) is 40.3 Å². The van der Waals surface area contributed by atoms with E-state index in [0.29, 0.717) is 0 Å². The van der Waals surface area contributed by atoms with E-state index in [1.54, 1.807) is 0 Å². The number of para-hydroxylation sites is 1. The number of aromatic nitrogens is 2. The number of anilines is 1. The molecule has 0 spiro atoms. The average molecular weight is 300 g/mol. The van der Waals surface area contributed by atoms with Gasteiger partial charge in [0.15, 0.2) is 22.5 Å². The second-order valence-corrected chi connectivity index (χ2v) is 4.19. The van der Waals surface area contributed by atoms with Crippen LogP contribution in [0.4, 0.5) is 5.82 Å². The van der Waals surface area contributed by atoms with E-state index in [1.165, 1.54) is 18.2 Å². The number of carbonyl (C=O) groups is 1. The Morgan fingerprint density at radius 2 is 1.95 bits per heavy atom. The number of benzene rings is 1. The predicted octanol–water partition coefficient (Wildman–Crippen LogP) is 2.45. The van der Waals surface area contributed by atoms with Gasteiger partial charge in [-0.3, -0.25) is 4.79 Å². The summed E-state index contributed by atoms with van der Waals surface area (Å²) in [5.74, 6) is -1.62. The summed E-state index contributed by atoms with van der Waals surface area (Å²) in [4.78, 5) is 19.3. The molecule has 6 nitrogen and oxygen atoms in total. The SMILES string of the molecule is O=C(Nc1ncnc(Cl)c1Cl)c1cccc(O)c1O. The molecule has 0 aliphatic heterocycles. The topological polar surface area (TPSA) is 95.3 Å². The summed E-state index contributed by atoms with van der Waals surface area (Å²) in [6, 6.07) is 4.00. The molecule has 19 heavy (non-hydrogen) atoms. The van der Waals surface area contributed by atoms with Crippen molar-refractivity contribution in [1.82, 2.24) is 9.97 Å². The van der Waals surface area contributed by atoms with Crippen LogP contribution < -0.4 is 5.32 Å². The van der Waals surface area contributed by atoms with Crippen LogP contribution in [0.3, 0.4) is 0 Å². The fraction of sp³-hybridized carbons (Fsp3) is 0. The van der Waals surface area contributed by atoms with Crippen molar-refractivity contribution >= 4 is 34.9 Å². The number of hydrogen-bond donors (Lipinski definition) is 3. The van der Waals surface area contributed by atoms with Gasteiger partial charge in [-0.25, -0.2) is 9.97 Å². The number of nitrogens with zero attached hydrogens (tertiary/aromatic N) is 2. The highest BCUT2D eigenvalue weighted by molar-refractivity contribution is 6.43. The Kier molecular flexibility index (Phi) is 3.73. The zero-order valence-electron chi connectivity index (χ0n) is 9.26. The van der Waals surface area contributed by atoms with E-state index >= 15 is 0 Å². The Morgan fingerprint density at radius 1 is 1.21 bits per heavy atom. The van der Waals surface area contributed by atoms with Gasteiger partial charge in [-0.2, -0.15) is 0 Å². The summed E-state index contributed by atoms with van der Waals surface area (Å²) < 4.78 is 0. The molecular weight excluding hydrogens is 293 g/mol. The molecule has 2 rings (SSSR count). The second-order valence-electron chi connectivity index (χ2n) is 3.45. The van der Waals surface area contributed by atoms with Gasteiger partial charge in [0, 0.05) is 0 Å². The zero-order valence-corrected chi connectivity index (χ0v) is 10.8. The molecule has 0 unspecified atom stereocenters. The fourth-order valence-corrected chi connectivity index (χ4v) is 1.60. The second kappa shape index (κ2) is 5.29. The average Bonchev–Trinajstić information content (AvgIpc) is 2.38. The zero-order chi connectivity index (χ0) is 14.0. The molecule has 98 valence electrons. The summed E-state index contributed by atoms with van der Waals surface area (Å²) in [5, 5.41) is 21.2. The van der Waals surface area contributed by atoms with Gasteiger partial charge in [0.2, 0.25) is 0 Å². The van der Waals surface area contributed by atoms with Gasteiger partial charge in [0.25, 0.3) is 5.91 Å². The highest BCUT2D eigenvalue weighted by Crippen LogP contribution is 2.30. The lowest BCUT2D eigenvalue weighted by atomic mass is 10.1. The number of amides is 1. The third kappa shape index (κ3) is 2.69. The number of aromatic hydroxyl groups is 2. The first kappa shape index (κ1) is 13.4. The lowest BCUT2D eigenvalue weighted by Gasteiger charge is -2.08. The van der Waals surface area contributed by atoms with Crippen LogP contribution >= 0.6 is 23.2 Å². The molecule has 8 heteroatoms. The van der Waals surface area contributed by atoms with E-state index in [4.69, 9.17) is 23.2 Å². The number of halogens is 2. The molecule has 0 saturated heterocycles. The van der Waals surface area contributed by atoms with Crippen LogP contribution in [-0.2, 0) is 0 Å². The van der Waals surface area contributed by atoms with E-state index < -0.39 is 17.4 Å². The van der Waals surface area contributed by atoms with Crippen molar-refractivity contribution in [2.24, 2.45) is 0 Å². The highest BCUT2D eigenvalue weighted by atomic mass is 35.5. The molecule has 0 radical (unpaired) electrons. The minimum absolute atomic E-state index is 0.00732. The monoisotopic (exact) mass is 299 g/mol. The number of nitrogens with one attached hydrogen (secondary N) is 1. The van der Waals surface area contributed by atoms with Gasteiger partial charge >= 0.3 is 0 Å². The van der Waals surface area contributed by atoms with Crippen LogP contribution in [0.2, 0.25) is 10.2 Å². The number of carbonyl (C=O) groups excluding carboxylic acids is 1. The third-order valence-corrected chi connectivity index (χ3v) is 2.98. The Morgan fingerprint density at radius 3 is 2.68 bits per heavy atom. The Labute approximate surface area is 117 Å². The van der Waals surface area contributed by atoms with E-state index in [1.807, 2.05) is 0 Å². The third-order valence-electron chi connectivity index (χ3n) is 2.24. The van der Waals surface area contributed by atoms with Crippen molar-refractivity contribution in [2.45, 2.75) is 0 Å². The molecule has 0 aliphatic carbocycles. The molecule has 1 amide bonds. The smallest absolute Gasteiger partial charge is 0.260 e. The normalized spacial score (nSPS) is 10.2. The minimum atomic E-state index is -0.690. The first-order chi connectivity index (χ1) is 9.00. The standard InChI is InChI=1S/C11H7Cl2N3O3/c12-7-9(13)14-4-15-10(7)16-11(19)5-2-1-3-6(17)8(5)18/h1-4,17-18H,(H,14,15,16,19). The van der Waals surface area contributed by atoms with Gasteiger partial charge in [-0.1, -0.05) is 29.3 Å². The minimum Gasteiger partial charge on any atom is -0.504 e. The predicted molar refractivity (Wildman–Crippen MR) is 69.8 cm³/mol. The van der Waals surface area contributed by atoms with Crippen molar-refractivity contribution in [3.8, 4) is 11.5 Å². The molecule has 1 aromatic heterocycles. The van der Waals surface area contributed by atoms with E-state index in [0.717, 1.165) is 6.33 Å². The number of phenolic OH excluding ortho intramolecular Hbond substituents is 2. The summed E-state index contributed by atoms with van der Waals surface area (Å²) in [6.07, 6.45) is 1.13. The Bertz CT molecular complexity index is 649. The van der Waals surface area contributed by atoms with Gasteiger partial charge in [0.05, 0.1) is 5.56 Å². The molecule has 0 atom stereocenters. The van der Waals surface area contributed by atoms with Crippen molar-refractivity contribution in [1.29, 1.82) is 0 Å². The van der Waals surface area contributed by atoms with Crippen molar-refractivity contribution in [3.63, 3.8) is 0 Å². The molecule has 0 saturated carbocycles. The molecule has 2 aromatic rings. The number of rotatable bonds is 2. The van der Waals surface area contributed by atoms with E-state index in [9.17, 15) is 15.0 Å². The summed E-state index contributed by atoms with van der Waals surface area (Å²) in [6.45, 7) is 0. The van der Waals surface area contributed by atoms with Crippen LogP contribution in [0.1, 0.15) is 10.4 Å². The van der Waals surface area contributed by atoms with Crippen LogP contribution in [0, 0.1) is 0 Å². The molecule has 0 fully saturated rings. The van der Waals surface area contributed by atoms with Gasteiger partial charge in [-0.15, -0.1) is 0 Å². The van der Waals surface area contributed by atoms with Gasteiger partial charge < -0.3 is 15.5 Å². The van der Waals surface area contributed by atoms with Crippen LogP contribution in [0.15, 0.2) is 24.5 Å². The molecule has 3 N–H and O–H groups in total. The quantitative estimate of drug-likeness (QED) is 0.585. The lowest BCUT2D eigenvalue weighted by Crippen LogP contribution is -2.13. The summed E-state index contributed by atoms with van der Waals surface area (Å²) in [5.41, 5.74) is -0.120. The summed E-state index contributed by atoms with van der Waals surface area (Å²) in [7, 11) is 0. The van der Waals surface area contributed by atoms with E-state index in [-0.39, 0.29) is 21.6 Å². The Balaban J connectivity index is 2.31. The van der Waals surface area contributed by atoms with Gasteiger partial charge in [-0.05, 0) is 12.1 Å². The first-order valence-corrected chi connectivity index (χ1v) is 5.74. The molecule has 1 heterocycles. The summed E-state index contributed by atoms with van der Waals surface area (Å²) >= 11 is 11.5. The molecular formula is C11H7Cl2N3O3. The molecule has 0 bridgehead atoms.